The van der Waals surface area contributed by atoms with Crippen molar-refractivity contribution in [3.8, 4) is 0 Å². The Balaban J connectivity index is 1.42. The number of aromatic nitrogens is 4. The van der Waals surface area contributed by atoms with Gasteiger partial charge in [0.05, 0.1) is 17.6 Å². The van der Waals surface area contributed by atoms with E-state index in [1.165, 1.54) is 6.20 Å². The summed E-state index contributed by atoms with van der Waals surface area (Å²) in [6, 6.07) is 0. The Morgan fingerprint density at radius 2 is 1.93 bits per heavy atom. The van der Waals surface area contributed by atoms with E-state index in [0.717, 1.165) is 30.7 Å². The first kappa shape index (κ1) is 16.3. The molecular formula is C18H22N6O3. The van der Waals surface area contributed by atoms with Gasteiger partial charge in [0.2, 0.25) is 5.91 Å². The highest BCUT2D eigenvalue weighted by molar-refractivity contribution is 5.92. The van der Waals surface area contributed by atoms with Gasteiger partial charge in [0, 0.05) is 43.9 Å². The summed E-state index contributed by atoms with van der Waals surface area (Å²) in [5.41, 5.74) is 1.51. The molecule has 0 radical (unpaired) electrons. The Labute approximate surface area is 155 Å². The lowest BCUT2D eigenvalue weighted by molar-refractivity contribution is -0.143. The maximum Gasteiger partial charge on any atom is 0.323 e. The zero-order valence-corrected chi connectivity index (χ0v) is 15.0. The molecule has 0 atom stereocenters. The largest absolute Gasteiger partial charge is 0.348 e. The van der Waals surface area contributed by atoms with Gasteiger partial charge in [-0.15, -0.1) is 0 Å². The molecule has 2 amide bonds. The van der Waals surface area contributed by atoms with Crippen molar-refractivity contribution in [1.29, 1.82) is 0 Å². The van der Waals surface area contributed by atoms with Crippen molar-refractivity contribution in [2.75, 3.05) is 19.6 Å². The highest BCUT2D eigenvalue weighted by Gasteiger charge is 2.51. The molecule has 9 nitrogen and oxygen atoms in total. The van der Waals surface area contributed by atoms with Crippen LogP contribution in [0.3, 0.4) is 0 Å². The Morgan fingerprint density at radius 3 is 2.59 bits per heavy atom. The van der Waals surface area contributed by atoms with Crippen LogP contribution in [0.2, 0.25) is 0 Å². The summed E-state index contributed by atoms with van der Waals surface area (Å²) in [5, 5.41) is 0. The van der Waals surface area contributed by atoms with E-state index in [1.807, 2.05) is 4.90 Å². The number of imidazole rings is 2. The van der Waals surface area contributed by atoms with E-state index in [4.69, 9.17) is 0 Å². The molecular weight excluding hydrogens is 348 g/mol. The molecule has 0 aromatic carbocycles. The molecule has 1 spiro atoms. The highest BCUT2D eigenvalue weighted by atomic mass is 16.2. The van der Waals surface area contributed by atoms with Gasteiger partial charge in [-0.2, -0.15) is 0 Å². The van der Waals surface area contributed by atoms with E-state index < -0.39 is 5.54 Å². The minimum absolute atomic E-state index is 0.159. The van der Waals surface area contributed by atoms with Gasteiger partial charge < -0.3 is 24.8 Å². The Morgan fingerprint density at radius 1 is 1.15 bits per heavy atom. The third-order valence-electron chi connectivity index (χ3n) is 6.16. The molecule has 1 saturated carbocycles. The van der Waals surface area contributed by atoms with Gasteiger partial charge in [-0.3, -0.25) is 9.59 Å². The number of aromatic amines is 3. The van der Waals surface area contributed by atoms with E-state index in [9.17, 15) is 14.4 Å². The fourth-order valence-corrected chi connectivity index (χ4v) is 4.55. The van der Waals surface area contributed by atoms with Crippen molar-refractivity contribution in [3.05, 3.63) is 40.1 Å². The molecule has 2 fully saturated rings. The number of nitrogens with one attached hydrogen (secondary N) is 3. The molecule has 1 aliphatic carbocycles. The smallest absolute Gasteiger partial charge is 0.323 e. The summed E-state index contributed by atoms with van der Waals surface area (Å²) in [5.74, 6) is 0.201. The summed E-state index contributed by atoms with van der Waals surface area (Å²) in [4.78, 5) is 53.5. The summed E-state index contributed by atoms with van der Waals surface area (Å²) < 4.78 is 0. The lowest BCUT2D eigenvalue weighted by Gasteiger charge is -2.50. The normalized spacial score (nSPS) is 21.3. The number of H-pyrrole nitrogens is 3. The molecule has 0 unspecified atom stereocenters. The number of hydrogen-bond donors (Lipinski definition) is 3. The van der Waals surface area contributed by atoms with Crippen LogP contribution >= 0.6 is 0 Å². The van der Waals surface area contributed by atoms with Crippen LogP contribution in [0.5, 0.6) is 0 Å². The molecule has 3 aliphatic rings. The first-order valence-corrected chi connectivity index (χ1v) is 9.50. The zero-order valence-electron chi connectivity index (χ0n) is 15.0. The van der Waals surface area contributed by atoms with Crippen LogP contribution in [0, 0.1) is 5.92 Å². The molecule has 27 heavy (non-hydrogen) atoms. The second-order valence-electron chi connectivity index (χ2n) is 7.72. The number of fused-ring (bicyclic) bond motifs is 2. The number of rotatable bonds is 2. The second-order valence-corrected chi connectivity index (χ2v) is 7.72. The average molecular weight is 370 g/mol. The maximum absolute atomic E-state index is 13.0. The van der Waals surface area contributed by atoms with Crippen LogP contribution in [0.15, 0.2) is 17.3 Å². The van der Waals surface area contributed by atoms with Gasteiger partial charge in [-0.05, 0) is 25.7 Å². The molecule has 1 saturated heterocycles. The van der Waals surface area contributed by atoms with Gasteiger partial charge in [0.25, 0.3) is 5.91 Å². The Kier molecular flexibility index (Phi) is 3.53. The van der Waals surface area contributed by atoms with E-state index >= 15 is 0 Å². The van der Waals surface area contributed by atoms with Crippen LogP contribution in [0.4, 0.5) is 0 Å². The lowest BCUT2D eigenvalue weighted by atomic mass is 9.78. The van der Waals surface area contributed by atoms with Gasteiger partial charge in [0.15, 0.2) is 0 Å². The van der Waals surface area contributed by atoms with E-state index in [0.29, 0.717) is 32.5 Å². The number of likely N-dealkylation sites (tertiary alicyclic amines) is 1. The van der Waals surface area contributed by atoms with Crippen LogP contribution in [-0.4, -0.2) is 61.2 Å². The van der Waals surface area contributed by atoms with Crippen LogP contribution in [0.1, 0.15) is 47.6 Å². The van der Waals surface area contributed by atoms with Crippen molar-refractivity contribution in [3.63, 3.8) is 0 Å². The fraction of sp³-hybridized carbons (Fsp3) is 0.556. The topological polar surface area (TPSA) is 118 Å². The van der Waals surface area contributed by atoms with Crippen LogP contribution < -0.4 is 5.69 Å². The van der Waals surface area contributed by atoms with Gasteiger partial charge in [0.1, 0.15) is 5.69 Å². The number of piperidine rings is 1. The standard InChI is InChI=1S/C18H22N6O3/c25-15(11-1-2-11)24-6-3-12-14(21-10-20-12)18(24)4-7-23(8-5-18)16(26)13-9-19-17(27)22-13/h9-11H,1-8H2,(H,20,21)(H2,19,22,27). The zero-order chi connectivity index (χ0) is 18.6. The molecule has 5 rings (SSSR count). The third-order valence-corrected chi connectivity index (χ3v) is 6.16. The molecule has 3 N–H and O–H groups in total. The molecule has 4 heterocycles. The predicted octanol–water partition coefficient (Wildman–Crippen LogP) is 0.352. The quantitative estimate of drug-likeness (QED) is 0.707. The van der Waals surface area contributed by atoms with Crippen LogP contribution in [-0.2, 0) is 16.8 Å². The summed E-state index contributed by atoms with van der Waals surface area (Å²) in [6.45, 7) is 1.74. The maximum atomic E-state index is 13.0. The molecule has 0 bridgehead atoms. The molecule has 142 valence electrons. The molecule has 2 aromatic rings. The second kappa shape index (κ2) is 5.83. The van der Waals surface area contributed by atoms with E-state index in [-0.39, 0.29) is 29.1 Å². The van der Waals surface area contributed by atoms with Gasteiger partial charge in [-0.25, -0.2) is 9.78 Å². The summed E-state index contributed by atoms with van der Waals surface area (Å²) in [7, 11) is 0. The van der Waals surface area contributed by atoms with E-state index in [2.05, 4.69) is 19.9 Å². The third kappa shape index (κ3) is 2.52. The van der Waals surface area contributed by atoms with Crippen molar-refractivity contribution >= 4 is 11.8 Å². The van der Waals surface area contributed by atoms with Crippen molar-refractivity contribution in [2.45, 2.75) is 37.6 Å². The van der Waals surface area contributed by atoms with Crippen molar-refractivity contribution in [1.82, 2.24) is 29.7 Å². The van der Waals surface area contributed by atoms with Gasteiger partial charge >= 0.3 is 5.69 Å². The number of carbonyl (C=O) groups is 2. The Hall–Kier alpha value is -2.84. The SMILES string of the molecule is O=C(c1c[nH]c(=O)[nH]1)N1CCC2(CC1)c1nc[nH]c1CCN2C(=O)C1CC1. The molecule has 9 heteroatoms. The molecule has 2 aliphatic heterocycles. The fourth-order valence-electron chi connectivity index (χ4n) is 4.55. The number of nitrogens with zero attached hydrogens (tertiary/aromatic N) is 3. The van der Waals surface area contributed by atoms with Crippen LogP contribution in [0.25, 0.3) is 0 Å². The van der Waals surface area contributed by atoms with Crippen molar-refractivity contribution in [2.24, 2.45) is 5.92 Å². The highest BCUT2D eigenvalue weighted by Crippen LogP contribution is 2.45. The summed E-state index contributed by atoms with van der Waals surface area (Å²) in [6.07, 6.45) is 7.18. The number of amides is 2. The van der Waals surface area contributed by atoms with Crippen molar-refractivity contribution < 1.29 is 9.59 Å². The minimum Gasteiger partial charge on any atom is -0.348 e. The Bertz CT molecular complexity index is 944. The monoisotopic (exact) mass is 370 g/mol. The number of carbonyl (C=O) groups excluding carboxylic acids is 2. The molecule has 2 aromatic heterocycles. The predicted molar refractivity (Wildman–Crippen MR) is 95.0 cm³/mol. The minimum atomic E-state index is -0.435. The van der Waals surface area contributed by atoms with E-state index in [1.54, 1.807) is 11.2 Å². The lowest BCUT2D eigenvalue weighted by Crippen LogP contribution is -2.59. The first-order valence-electron chi connectivity index (χ1n) is 9.50. The summed E-state index contributed by atoms with van der Waals surface area (Å²) >= 11 is 0. The average Bonchev–Trinajstić information content (AvgIpc) is 3.25. The van der Waals surface area contributed by atoms with Gasteiger partial charge in [-0.1, -0.05) is 0 Å². The number of hydrogen-bond acceptors (Lipinski definition) is 4. The first-order chi connectivity index (χ1) is 13.1.